The zero-order valence-electron chi connectivity index (χ0n) is 11.5. The Hall–Kier alpha value is -1.81. The van der Waals surface area contributed by atoms with Gasteiger partial charge in [0.15, 0.2) is 0 Å². The normalized spacial score (nSPS) is 12.5. The molecule has 4 nitrogen and oxygen atoms in total. The number of nitrogens with zero attached hydrogens (tertiary/aromatic N) is 2. The molecule has 0 amide bonds. The minimum Gasteiger partial charge on any atom is -0.508 e. The summed E-state index contributed by atoms with van der Waals surface area (Å²) in [5.41, 5.74) is 2.46. The van der Waals surface area contributed by atoms with Crippen LogP contribution >= 0.6 is 0 Å². The molecule has 1 unspecified atom stereocenters. The predicted molar refractivity (Wildman–Crippen MR) is 76.1 cm³/mol. The van der Waals surface area contributed by atoms with E-state index >= 15 is 0 Å². The molecule has 0 aliphatic heterocycles. The first-order valence-corrected chi connectivity index (χ1v) is 6.69. The maximum atomic E-state index is 9.31. The van der Waals surface area contributed by atoms with Gasteiger partial charge in [-0.05, 0) is 42.6 Å². The van der Waals surface area contributed by atoms with E-state index in [9.17, 15) is 5.11 Å². The van der Waals surface area contributed by atoms with Crippen molar-refractivity contribution in [2.75, 3.05) is 6.54 Å². The Bertz CT molecular complexity index is 504. The molecule has 0 spiro atoms. The third kappa shape index (κ3) is 3.83. The Morgan fingerprint density at radius 2 is 2.05 bits per heavy atom. The van der Waals surface area contributed by atoms with Gasteiger partial charge < -0.3 is 10.4 Å². The largest absolute Gasteiger partial charge is 0.508 e. The first kappa shape index (κ1) is 13.6. The van der Waals surface area contributed by atoms with Crippen LogP contribution < -0.4 is 5.32 Å². The summed E-state index contributed by atoms with van der Waals surface area (Å²) in [6.07, 6.45) is 5.95. The number of aromatic hydroxyl groups is 1. The van der Waals surface area contributed by atoms with Crippen LogP contribution in [0.4, 0.5) is 0 Å². The smallest absolute Gasteiger partial charge is 0.115 e. The average Bonchev–Trinajstić information content (AvgIpc) is 2.82. The van der Waals surface area contributed by atoms with Crippen LogP contribution in [-0.4, -0.2) is 21.4 Å². The highest BCUT2D eigenvalue weighted by molar-refractivity contribution is 5.28. The van der Waals surface area contributed by atoms with E-state index in [1.807, 2.05) is 36.3 Å². The van der Waals surface area contributed by atoms with Crippen LogP contribution in [0.15, 0.2) is 36.7 Å². The number of rotatable bonds is 6. The maximum Gasteiger partial charge on any atom is 0.115 e. The van der Waals surface area contributed by atoms with Crippen molar-refractivity contribution in [3.05, 3.63) is 47.8 Å². The van der Waals surface area contributed by atoms with Crippen molar-refractivity contribution in [2.24, 2.45) is 7.05 Å². The number of hydrogen-bond acceptors (Lipinski definition) is 3. The van der Waals surface area contributed by atoms with E-state index in [0.29, 0.717) is 11.8 Å². The number of benzene rings is 1. The highest BCUT2D eigenvalue weighted by Gasteiger charge is 2.08. The van der Waals surface area contributed by atoms with Crippen LogP contribution in [0.5, 0.6) is 5.75 Å². The van der Waals surface area contributed by atoms with Crippen molar-refractivity contribution in [3.63, 3.8) is 0 Å². The molecular formula is C15H21N3O. The molecule has 19 heavy (non-hydrogen) atoms. The van der Waals surface area contributed by atoms with Gasteiger partial charge in [0.05, 0.1) is 6.20 Å². The van der Waals surface area contributed by atoms with Crippen molar-refractivity contribution >= 4 is 0 Å². The van der Waals surface area contributed by atoms with Crippen molar-refractivity contribution in [2.45, 2.75) is 25.8 Å². The van der Waals surface area contributed by atoms with Gasteiger partial charge in [-0.2, -0.15) is 5.10 Å². The van der Waals surface area contributed by atoms with Crippen molar-refractivity contribution in [1.29, 1.82) is 0 Å². The van der Waals surface area contributed by atoms with E-state index < -0.39 is 0 Å². The Morgan fingerprint density at radius 3 is 2.63 bits per heavy atom. The van der Waals surface area contributed by atoms with Gasteiger partial charge in [-0.1, -0.05) is 19.1 Å². The standard InChI is InChI=1S/C15H21N3O/c1-3-15(13-4-6-14(19)7-5-13)16-9-8-12-10-17-18(2)11-12/h4-7,10-11,15-16,19H,3,8-9H2,1-2H3. The summed E-state index contributed by atoms with van der Waals surface area (Å²) in [6.45, 7) is 3.08. The molecule has 0 aliphatic rings. The summed E-state index contributed by atoms with van der Waals surface area (Å²) in [4.78, 5) is 0. The molecule has 1 aromatic carbocycles. The van der Waals surface area contributed by atoms with E-state index in [-0.39, 0.29) is 0 Å². The molecule has 1 heterocycles. The second kappa shape index (κ2) is 6.38. The summed E-state index contributed by atoms with van der Waals surface area (Å²) >= 11 is 0. The van der Waals surface area contributed by atoms with Gasteiger partial charge in [0.1, 0.15) is 5.75 Å². The highest BCUT2D eigenvalue weighted by atomic mass is 16.3. The molecule has 2 aromatic rings. The fraction of sp³-hybridized carbons (Fsp3) is 0.400. The summed E-state index contributed by atoms with van der Waals surface area (Å²) in [5.74, 6) is 0.314. The van der Waals surface area contributed by atoms with Crippen molar-refractivity contribution < 1.29 is 5.11 Å². The lowest BCUT2D eigenvalue weighted by atomic mass is 10.0. The van der Waals surface area contributed by atoms with E-state index in [1.54, 1.807) is 12.1 Å². The van der Waals surface area contributed by atoms with Gasteiger partial charge in [-0.25, -0.2) is 0 Å². The lowest BCUT2D eigenvalue weighted by Gasteiger charge is -2.17. The van der Waals surface area contributed by atoms with Crippen LogP contribution in [0.3, 0.4) is 0 Å². The molecule has 0 radical (unpaired) electrons. The monoisotopic (exact) mass is 259 g/mol. The molecule has 1 atom stereocenters. The van der Waals surface area contributed by atoms with Crippen LogP contribution in [0, 0.1) is 0 Å². The van der Waals surface area contributed by atoms with Crippen molar-refractivity contribution in [1.82, 2.24) is 15.1 Å². The zero-order chi connectivity index (χ0) is 13.7. The second-order valence-electron chi connectivity index (χ2n) is 4.78. The molecule has 0 aliphatic carbocycles. The van der Waals surface area contributed by atoms with E-state index in [4.69, 9.17) is 0 Å². The van der Waals surface area contributed by atoms with E-state index in [2.05, 4.69) is 17.3 Å². The molecular weight excluding hydrogens is 238 g/mol. The number of aromatic nitrogens is 2. The third-order valence-corrected chi connectivity index (χ3v) is 3.27. The van der Waals surface area contributed by atoms with Gasteiger partial charge in [-0.15, -0.1) is 0 Å². The Kier molecular flexibility index (Phi) is 4.58. The maximum absolute atomic E-state index is 9.31. The molecule has 0 saturated heterocycles. The minimum absolute atomic E-state index is 0.314. The third-order valence-electron chi connectivity index (χ3n) is 3.27. The quantitative estimate of drug-likeness (QED) is 0.837. The minimum atomic E-state index is 0.314. The molecule has 0 saturated carbocycles. The lowest BCUT2D eigenvalue weighted by Crippen LogP contribution is -2.23. The summed E-state index contributed by atoms with van der Waals surface area (Å²) in [7, 11) is 1.93. The number of phenols is 1. The molecule has 0 fully saturated rings. The number of hydrogen-bond donors (Lipinski definition) is 2. The number of nitrogens with one attached hydrogen (secondary N) is 1. The van der Waals surface area contributed by atoms with Gasteiger partial charge in [0.2, 0.25) is 0 Å². The predicted octanol–water partition coefficient (Wildman–Crippen LogP) is 2.41. The van der Waals surface area contributed by atoms with E-state index in [0.717, 1.165) is 19.4 Å². The first-order valence-electron chi connectivity index (χ1n) is 6.69. The average molecular weight is 259 g/mol. The topological polar surface area (TPSA) is 50.1 Å². The first-order chi connectivity index (χ1) is 9.19. The fourth-order valence-electron chi connectivity index (χ4n) is 2.20. The highest BCUT2D eigenvalue weighted by Crippen LogP contribution is 2.19. The van der Waals surface area contributed by atoms with Gasteiger partial charge in [0, 0.05) is 19.3 Å². The molecule has 1 aromatic heterocycles. The zero-order valence-corrected chi connectivity index (χ0v) is 11.5. The Balaban J connectivity index is 1.87. The molecule has 2 N–H and O–H groups in total. The van der Waals surface area contributed by atoms with E-state index in [1.165, 1.54) is 11.1 Å². The Morgan fingerprint density at radius 1 is 1.32 bits per heavy atom. The molecule has 0 bridgehead atoms. The van der Waals surface area contributed by atoms with Gasteiger partial charge >= 0.3 is 0 Å². The fourth-order valence-corrected chi connectivity index (χ4v) is 2.20. The molecule has 4 heteroatoms. The Labute approximate surface area is 114 Å². The van der Waals surface area contributed by atoms with Crippen LogP contribution in [-0.2, 0) is 13.5 Å². The SMILES string of the molecule is CCC(NCCc1cnn(C)c1)c1ccc(O)cc1. The molecule has 2 rings (SSSR count). The summed E-state index contributed by atoms with van der Waals surface area (Å²) in [5, 5.41) is 17.0. The van der Waals surface area contributed by atoms with Crippen LogP contribution in [0.1, 0.15) is 30.5 Å². The summed E-state index contributed by atoms with van der Waals surface area (Å²) in [6, 6.07) is 7.75. The lowest BCUT2D eigenvalue weighted by molar-refractivity contribution is 0.473. The number of phenolic OH excluding ortho intramolecular Hbond substituents is 1. The van der Waals surface area contributed by atoms with Gasteiger partial charge in [0.25, 0.3) is 0 Å². The molecule has 102 valence electrons. The van der Waals surface area contributed by atoms with Gasteiger partial charge in [-0.3, -0.25) is 4.68 Å². The van der Waals surface area contributed by atoms with Crippen molar-refractivity contribution in [3.8, 4) is 5.75 Å². The van der Waals surface area contributed by atoms with Crippen LogP contribution in [0.2, 0.25) is 0 Å². The summed E-state index contributed by atoms with van der Waals surface area (Å²) < 4.78 is 1.83. The second-order valence-corrected chi connectivity index (χ2v) is 4.78. The number of aryl methyl sites for hydroxylation is 1. The van der Waals surface area contributed by atoms with Crippen LogP contribution in [0.25, 0.3) is 0 Å².